The minimum absolute atomic E-state index is 0.205. The summed E-state index contributed by atoms with van der Waals surface area (Å²) < 4.78 is 0. The van der Waals surface area contributed by atoms with Crippen LogP contribution in [0, 0.1) is 17.8 Å². The molecule has 2 fully saturated rings. The van der Waals surface area contributed by atoms with Crippen molar-refractivity contribution in [2.75, 3.05) is 0 Å². The summed E-state index contributed by atoms with van der Waals surface area (Å²) in [7, 11) is 0. The van der Waals surface area contributed by atoms with Gasteiger partial charge in [0.2, 0.25) is 0 Å². The largest absolute Gasteiger partial charge is 0.481 e. The predicted molar refractivity (Wildman–Crippen MR) is 71.8 cm³/mol. The average molecular weight is 268 g/mol. The molecule has 0 aromatic rings. The third-order valence-electron chi connectivity index (χ3n) is 4.93. The van der Waals surface area contributed by atoms with E-state index >= 15 is 0 Å². The van der Waals surface area contributed by atoms with E-state index in [0.717, 1.165) is 25.7 Å². The smallest absolute Gasteiger partial charge is 0.315 e. The van der Waals surface area contributed by atoms with Crippen LogP contribution >= 0.6 is 0 Å². The molecule has 0 aliphatic heterocycles. The monoisotopic (exact) mass is 268 g/mol. The van der Waals surface area contributed by atoms with Crippen LogP contribution in [0.15, 0.2) is 0 Å². The molecule has 0 aromatic carbocycles. The van der Waals surface area contributed by atoms with Crippen molar-refractivity contribution >= 4 is 12.0 Å². The normalized spacial score (nSPS) is 38.1. The van der Waals surface area contributed by atoms with Gasteiger partial charge in [-0.2, -0.15) is 0 Å². The van der Waals surface area contributed by atoms with E-state index < -0.39 is 11.9 Å². The zero-order valence-corrected chi connectivity index (χ0v) is 11.7. The molecule has 0 bridgehead atoms. The Bertz CT molecular complexity index is 359. The van der Waals surface area contributed by atoms with Crippen molar-refractivity contribution < 1.29 is 14.7 Å². The second-order valence-electron chi connectivity index (χ2n) is 6.12. The lowest BCUT2D eigenvalue weighted by atomic mass is 9.98. The van der Waals surface area contributed by atoms with Crippen LogP contribution in [0.5, 0.6) is 0 Å². The highest BCUT2D eigenvalue weighted by atomic mass is 16.4. The number of carboxylic acid groups (broad SMARTS) is 1. The fourth-order valence-corrected chi connectivity index (χ4v) is 3.38. The molecule has 5 unspecified atom stereocenters. The molecule has 0 heterocycles. The summed E-state index contributed by atoms with van der Waals surface area (Å²) in [5.41, 5.74) is 0. The van der Waals surface area contributed by atoms with E-state index in [0.29, 0.717) is 18.3 Å². The zero-order valence-electron chi connectivity index (χ0n) is 11.7. The van der Waals surface area contributed by atoms with Gasteiger partial charge in [0.15, 0.2) is 0 Å². The van der Waals surface area contributed by atoms with Gasteiger partial charge in [-0.25, -0.2) is 4.79 Å². The van der Waals surface area contributed by atoms with E-state index in [-0.39, 0.29) is 18.1 Å². The van der Waals surface area contributed by atoms with E-state index in [1.54, 1.807) is 0 Å². The Kier molecular flexibility index (Phi) is 4.32. The standard InChI is InChI=1S/C14H24N2O3/c1-8-6-7-11(9(8)2)15-14(19)16-12-5-3-4-10(12)13(17)18/h8-12H,3-7H2,1-2H3,(H,17,18)(H2,15,16,19). The third kappa shape index (κ3) is 3.19. The predicted octanol–water partition coefficient (Wildman–Crippen LogP) is 1.97. The van der Waals surface area contributed by atoms with Crippen LogP contribution < -0.4 is 10.6 Å². The first-order chi connectivity index (χ1) is 8.99. The quantitative estimate of drug-likeness (QED) is 0.732. The number of nitrogens with one attached hydrogen (secondary N) is 2. The van der Waals surface area contributed by atoms with Gasteiger partial charge in [-0.3, -0.25) is 4.79 Å². The van der Waals surface area contributed by atoms with Crippen molar-refractivity contribution in [1.82, 2.24) is 10.6 Å². The summed E-state index contributed by atoms with van der Waals surface area (Å²) in [6.45, 7) is 4.37. The molecule has 2 aliphatic carbocycles. The number of urea groups is 1. The molecular formula is C14H24N2O3. The molecule has 108 valence electrons. The van der Waals surface area contributed by atoms with Gasteiger partial charge in [-0.1, -0.05) is 20.3 Å². The number of hydrogen-bond acceptors (Lipinski definition) is 2. The Morgan fingerprint density at radius 2 is 1.68 bits per heavy atom. The van der Waals surface area contributed by atoms with E-state index in [4.69, 9.17) is 5.11 Å². The van der Waals surface area contributed by atoms with Gasteiger partial charge in [0.25, 0.3) is 0 Å². The van der Waals surface area contributed by atoms with Crippen LogP contribution in [0.3, 0.4) is 0 Å². The fraction of sp³-hybridized carbons (Fsp3) is 0.857. The summed E-state index contributed by atoms with van der Waals surface area (Å²) in [5.74, 6) is -0.0931. The van der Waals surface area contributed by atoms with Gasteiger partial charge < -0.3 is 15.7 Å². The number of carboxylic acids is 1. The molecule has 5 atom stereocenters. The maximum atomic E-state index is 12.0. The second kappa shape index (κ2) is 5.80. The lowest BCUT2D eigenvalue weighted by Crippen LogP contribution is -2.49. The topological polar surface area (TPSA) is 78.4 Å². The van der Waals surface area contributed by atoms with E-state index in [1.807, 2.05) is 0 Å². The summed E-state index contributed by atoms with van der Waals surface area (Å²) in [5, 5.41) is 14.9. The van der Waals surface area contributed by atoms with Gasteiger partial charge in [-0.05, 0) is 37.5 Å². The zero-order chi connectivity index (χ0) is 14.0. The van der Waals surface area contributed by atoms with Crippen LogP contribution in [0.4, 0.5) is 4.79 Å². The maximum Gasteiger partial charge on any atom is 0.315 e. The molecule has 2 saturated carbocycles. The van der Waals surface area contributed by atoms with Crippen molar-refractivity contribution in [3.05, 3.63) is 0 Å². The van der Waals surface area contributed by atoms with Crippen LogP contribution in [-0.4, -0.2) is 29.2 Å². The van der Waals surface area contributed by atoms with Crippen molar-refractivity contribution in [3.63, 3.8) is 0 Å². The van der Waals surface area contributed by atoms with Crippen LogP contribution in [0.25, 0.3) is 0 Å². The first-order valence-corrected chi connectivity index (χ1v) is 7.29. The Balaban J connectivity index is 1.83. The van der Waals surface area contributed by atoms with Crippen molar-refractivity contribution in [2.24, 2.45) is 17.8 Å². The highest BCUT2D eigenvalue weighted by Crippen LogP contribution is 2.31. The minimum Gasteiger partial charge on any atom is -0.481 e. The first-order valence-electron chi connectivity index (χ1n) is 7.29. The maximum absolute atomic E-state index is 12.0. The summed E-state index contributed by atoms with van der Waals surface area (Å²) in [4.78, 5) is 23.0. The molecule has 2 aliphatic rings. The number of amides is 2. The van der Waals surface area contributed by atoms with Crippen molar-refractivity contribution in [3.8, 4) is 0 Å². The van der Waals surface area contributed by atoms with Gasteiger partial charge >= 0.3 is 12.0 Å². The SMILES string of the molecule is CC1CCC(NC(=O)NC2CCCC2C(=O)O)C1C. The Hall–Kier alpha value is -1.26. The first kappa shape index (κ1) is 14.2. The summed E-state index contributed by atoms with van der Waals surface area (Å²) in [6.07, 6.45) is 4.47. The molecule has 0 spiro atoms. The molecule has 3 N–H and O–H groups in total. The molecule has 5 heteroatoms. The summed E-state index contributed by atoms with van der Waals surface area (Å²) >= 11 is 0. The third-order valence-corrected chi connectivity index (χ3v) is 4.93. The number of hydrogen-bond donors (Lipinski definition) is 3. The minimum atomic E-state index is -0.800. The number of carbonyl (C=O) groups is 2. The number of aliphatic carboxylic acids is 1. The van der Waals surface area contributed by atoms with E-state index in [1.165, 1.54) is 0 Å². The fourth-order valence-electron chi connectivity index (χ4n) is 3.38. The molecule has 19 heavy (non-hydrogen) atoms. The molecule has 5 nitrogen and oxygen atoms in total. The van der Waals surface area contributed by atoms with Crippen molar-refractivity contribution in [1.29, 1.82) is 0 Å². The number of carbonyl (C=O) groups excluding carboxylic acids is 1. The lowest BCUT2D eigenvalue weighted by Gasteiger charge is -2.23. The molecule has 0 aromatic heterocycles. The van der Waals surface area contributed by atoms with Gasteiger partial charge in [0, 0.05) is 12.1 Å². The Morgan fingerprint density at radius 1 is 1.00 bits per heavy atom. The van der Waals surface area contributed by atoms with E-state index in [9.17, 15) is 9.59 Å². The van der Waals surface area contributed by atoms with Crippen LogP contribution in [0.2, 0.25) is 0 Å². The molecule has 2 amide bonds. The lowest BCUT2D eigenvalue weighted by molar-refractivity contribution is -0.142. The highest BCUT2D eigenvalue weighted by Gasteiger charge is 2.35. The van der Waals surface area contributed by atoms with Crippen molar-refractivity contribution in [2.45, 2.75) is 58.0 Å². The van der Waals surface area contributed by atoms with Crippen LogP contribution in [0.1, 0.15) is 46.0 Å². The number of rotatable bonds is 3. The Labute approximate surface area is 114 Å². The molecular weight excluding hydrogens is 244 g/mol. The van der Waals surface area contributed by atoms with Gasteiger partial charge in [0.05, 0.1) is 5.92 Å². The molecule has 2 rings (SSSR count). The van der Waals surface area contributed by atoms with Gasteiger partial charge in [0.1, 0.15) is 0 Å². The summed E-state index contributed by atoms with van der Waals surface area (Å²) in [6, 6.07) is -0.199. The van der Waals surface area contributed by atoms with E-state index in [2.05, 4.69) is 24.5 Å². The highest BCUT2D eigenvalue weighted by molar-refractivity contribution is 5.77. The Morgan fingerprint density at radius 3 is 2.26 bits per heavy atom. The van der Waals surface area contributed by atoms with Crippen LogP contribution in [-0.2, 0) is 4.79 Å². The molecule has 0 radical (unpaired) electrons. The van der Waals surface area contributed by atoms with Gasteiger partial charge in [-0.15, -0.1) is 0 Å². The molecule has 0 saturated heterocycles. The second-order valence-corrected chi connectivity index (χ2v) is 6.12. The average Bonchev–Trinajstić information content (AvgIpc) is 2.91.